The smallest absolute Gasteiger partial charge is 0.127 e. The molecule has 2 heterocycles. The van der Waals surface area contributed by atoms with E-state index in [2.05, 4.69) is 9.80 Å². The van der Waals surface area contributed by atoms with E-state index in [9.17, 15) is 4.39 Å². The highest BCUT2D eigenvalue weighted by Crippen LogP contribution is 2.25. The molecule has 0 unspecified atom stereocenters. The summed E-state index contributed by atoms with van der Waals surface area (Å²) in [7, 11) is 1.74. The van der Waals surface area contributed by atoms with Gasteiger partial charge in [-0.2, -0.15) is 0 Å². The van der Waals surface area contributed by atoms with Crippen molar-refractivity contribution < 1.29 is 13.9 Å². The Morgan fingerprint density at radius 1 is 1.23 bits per heavy atom. The number of methoxy groups -OCH3 is 1. The lowest BCUT2D eigenvalue weighted by Gasteiger charge is -2.23. The van der Waals surface area contributed by atoms with Crippen LogP contribution in [0.15, 0.2) is 24.3 Å². The summed E-state index contributed by atoms with van der Waals surface area (Å²) in [5.74, 6) is 0.392. The molecular formula is C17H25FN2O2. The van der Waals surface area contributed by atoms with Gasteiger partial charge in [0, 0.05) is 57.9 Å². The Morgan fingerprint density at radius 2 is 2.05 bits per heavy atom. The molecule has 0 amide bonds. The van der Waals surface area contributed by atoms with E-state index in [1.165, 1.54) is 6.07 Å². The Bertz CT molecular complexity index is 483. The average molecular weight is 308 g/mol. The zero-order chi connectivity index (χ0) is 15.4. The van der Waals surface area contributed by atoms with Crippen molar-refractivity contribution in [2.45, 2.75) is 12.6 Å². The van der Waals surface area contributed by atoms with Gasteiger partial charge in [0.25, 0.3) is 0 Å². The van der Waals surface area contributed by atoms with Crippen LogP contribution in [0.4, 0.5) is 4.39 Å². The Hall–Kier alpha value is -1.01. The monoisotopic (exact) mass is 308 g/mol. The molecule has 3 rings (SSSR count). The average Bonchev–Trinajstić information content (AvgIpc) is 2.78. The molecule has 0 bridgehead atoms. The van der Waals surface area contributed by atoms with E-state index in [0.717, 1.165) is 51.5 Å². The van der Waals surface area contributed by atoms with Crippen LogP contribution < -0.4 is 0 Å². The number of nitrogens with zero attached hydrogens (tertiary/aromatic N) is 2. The van der Waals surface area contributed by atoms with E-state index in [4.69, 9.17) is 9.47 Å². The maximum Gasteiger partial charge on any atom is 0.127 e. The van der Waals surface area contributed by atoms with Crippen molar-refractivity contribution in [3.8, 4) is 0 Å². The van der Waals surface area contributed by atoms with Crippen LogP contribution in [0.5, 0.6) is 0 Å². The van der Waals surface area contributed by atoms with Gasteiger partial charge in [0.2, 0.25) is 0 Å². The number of fused-ring (bicyclic) bond motifs is 1. The van der Waals surface area contributed by atoms with Crippen LogP contribution >= 0.6 is 0 Å². The molecule has 0 aliphatic carbocycles. The van der Waals surface area contributed by atoms with Crippen molar-refractivity contribution >= 4 is 0 Å². The molecule has 2 aliphatic rings. The van der Waals surface area contributed by atoms with Crippen LogP contribution in [0.2, 0.25) is 0 Å². The van der Waals surface area contributed by atoms with Crippen LogP contribution in [0.3, 0.4) is 0 Å². The Labute approximate surface area is 131 Å². The third-order valence-electron chi connectivity index (χ3n) is 4.65. The van der Waals surface area contributed by atoms with Crippen molar-refractivity contribution in [1.82, 2.24) is 9.80 Å². The summed E-state index contributed by atoms with van der Waals surface area (Å²) < 4.78 is 25.0. The Kier molecular flexibility index (Phi) is 5.41. The van der Waals surface area contributed by atoms with Gasteiger partial charge in [-0.05, 0) is 6.07 Å². The molecule has 0 N–H and O–H groups in total. The predicted octanol–water partition coefficient (Wildman–Crippen LogP) is 1.60. The maximum atomic E-state index is 13.8. The van der Waals surface area contributed by atoms with Gasteiger partial charge in [0.1, 0.15) is 5.82 Å². The minimum atomic E-state index is -0.114. The van der Waals surface area contributed by atoms with E-state index < -0.39 is 0 Å². The van der Waals surface area contributed by atoms with E-state index >= 15 is 0 Å². The minimum Gasteiger partial charge on any atom is -0.383 e. The second-order valence-electron chi connectivity index (χ2n) is 6.25. The van der Waals surface area contributed by atoms with Crippen LogP contribution in [0.1, 0.15) is 5.56 Å². The van der Waals surface area contributed by atoms with E-state index in [1.807, 2.05) is 12.1 Å². The lowest BCUT2D eigenvalue weighted by atomic mass is 10.1. The van der Waals surface area contributed by atoms with Crippen molar-refractivity contribution in [1.29, 1.82) is 0 Å². The molecule has 22 heavy (non-hydrogen) atoms. The molecule has 2 aliphatic heterocycles. The lowest BCUT2D eigenvalue weighted by Crippen LogP contribution is -2.34. The highest BCUT2D eigenvalue weighted by Gasteiger charge is 2.36. The van der Waals surface area contributed by atoms with Gasteiger partial charge in [0.15, 0.2) is 0 Å². The molecule has 0 radical (unpaired) electrons. The van der Waals surface area contributed by atoms with Crippen LogP contribution in [0, 0.1) is 11.7 Å². The minimum absolute atomic E-state index is 0.114. The third-order valence-corrected chi connectivity index (χ3v) is 4.65. The van der Waals surface area contributed by atoms with E-state index in [1.54, 1.807) is 13.2 Å². The predicted molar refractivity (Wildman–Crippen MR) is 83.2 cm³/mol. The molecule has 2 atom stereocenters. The quantitative estimate of drug-likeness (QED) is 0.825. The molecule has 1 aromatic carbocycles. The summed E-state index contributed by atoms with van der Waals surface area (Å²) in [5.41, 5.74) is 0.773. The molecule has 122 valence electrons. The van der Waals surface area contributed by atoms with E-state index in [0.29, 0.717) is 12.5 Å². The van der Waals surface area contributed by atoms with Gasteiger partial charge in [-0.1, -0.05) is 18.2 Å². The zero-order valence-corrected chi connectivity index (χ0v) is 13.2. The van der Waals surface area contributed by atoms with Gasteiger partial charge in [-0.25, -0.2) is 4.39 Å². The summed E-state index contributed by atoms with van der Waals surface area (Å²) >= 11 is 0. The molecule has 2 saturated heterocycles. The molecule has 0 saturated carbocycles. The first-order chi connectivity index (χ1) is 10.8. The second-order valence-corrected chi connectivity index (χ2v) is 6.25. The van der Waals surface area contributed by atoms with Crippen LogP contribution in [-0.4, -0.2) is 69.0 Å². The number of hydrogen-bond donors (Lipinski definition) is 0. The molecule has 0 spiro atoms. The lowest BCUT2D eigenvalue weighted by molar-refractivity contribution is 0.0506. The third kappa shape index (κ3) is 3.84. The van der Waals surface area contributed by atoms with Crippen molar-refractivity contribution in [2.75, 3.05) is 53.0 Å². The van der Waals surface area contributed by atoms with Crippen LogP contribution in [-0.2, 0) is 16.0 Å². The maximum absolute atomic E-state index is 13.8. The molecule has 4 nitrogen and oxygen atoms in total. The fourth-order valence-corrected chi connectivity index (χ4v) is 3.47. The summed E-state index contributed by atoms with van der Waals surface area (Å²) in [5, 5.41) is 0. The van der Waals surface area contributed by atoms with E-state index in [-0.39, 0.29) is 11.9 Å². The molecule has 0 aromatic heterocycles. The topological polar surface area (TPSA) is 24.9 Å². The first-order valence-corrected chi connectivity index (χ1v) is 8.05. The standard InChI is InChI=1S/C17H25FN2O2/c1-21-8-6-19-7-9-22-17-13-20(12-15(17)11-19)10-14-4-2-3-5-16(14)18/h2-5,15,17H,6-13H2,1H3/t15-,17+/m0/s1. The van der Waals surface area contributed by atoms with Gasteiger partial charge in [-0.3, -0.25) is 9.80 Å². The molecule has 2 fully saturated rings. The largest absolute Gasteiger partial charge is 0.383 e. The van der Waals surface area contributed by atoms with Gasteiger partial charge in [-0.15, -0.1) is 0 Å². The van der Waals surface area contributed by atoms with Crippen molar-refractivity contribution in [3.63, 3.8) is 0 Å². The number of likely N-dealkylation sites (tertiary alicyclic amines) is 1. The fourth-order valence-electron chi connectivity index (χ4n) is 3.47. The Balaban J connectivity index is 1.57. The first kappa shape index (κ1) is 15.9. The summed E-state index contributed by atoms with van der Waals surface area (Å²) in [4.78, 5) is 4.73. The van der Waals surface area contributed by atoms with Crippen molar-refractivity contribution in [3.05, 3.63) is 35.6 Å². The molecular weight excluding hydrogens is 283 g/mol. The normalized spacial score (nSPS) is 26.8. The first-order valence-electron chi connectivity index (χ1n) is 8.05. The summed E-state index contributed by atoms with van der Waals surface area (Å²) in [6.07, 6.45) is 0.277. The molecule has 1 aromatic rings. The molecule has 5 heteroatoms. The number of hydrogen-bond acceptors (Lipinski definition) is 4. The van der Waals surface area contributed by atoms with Gasteiger partial charge < -0.3 is 9.47 Å². The highest BCUT2D eigenvalue weighted by atomic mass is 19.1. The number of rotatable bonds is 5. The Morgan fingerprint density at radius 3 is 2.86 bits per heavy atom. The number of benzene rings is 1. The van der Waals surface area contributed by atoms with Gasteiger partial charge in [0.05, 0.1) is 19.3 Å². The number of ether oxygens (including phenoxy) is 2. The highest BCUT2D eigenvalue weighted by molar-refractivity contribution is 5.17. The second kappa shape index (κ2) is 7.51. The summed E-state index contributed by atoms with van der Waals surface area (Å²) in [6, 6.07) is 7.04. The SMILES string of the molecule is COCCN1CCO[C@@H]2CN(Cc3ccccc3F)C[C@@H]2C1. The fraction of sp³-hybridized carbons (Fsp3) is 0.647. The van der Waals surface area contributed by atoms with Crippen LogP contribution in [0.25, 0.3) is 0 Å². The van der Waals surface area contributed by atoms with Gasteiger partial charge >= 0.3 is 0 Å². The zero-order valence-electron chi connectivity index (χ0n) is 13.2. The number of halogens is 1. The van der Waals surface area contributed by atoms with Crippen molar-refractivity contribution in [2.24, 2.45) is 5.92 Å². The summed E-state index contributed by atoms with van der Waals surface area (Å²) in [6.45, 7) is 7.05.